The molecule has 0 saturated carbocycles. The highest BCUT2D eigenvalue weighted by Crippen LogP contribution is 2.27. The van der Waals surface area contributed by atoms with E-state index in [1.54, 1.807) is 6.07 Å². The Labute approximate surface area is 600 Å². The van der Waals surface area contributed by atoms with Gasteiger partial charge in [0.2, 0.25) is 59.1 Å². The van der Waals surface area contributed by atoms with Gasteiger partial charge in [-0.25, -0.2) is 8.78 Å². The number of hydrogen-bond donors (Lipinski definition) is 15. The number of nitrogens with two attached hydrogens (primary N) is 2. The lowest BCUT2D eigenvalue weighted by Gasteiger charge is -2.31. The molecule has 2 fully saturated rings. The number of carbonyl (C=O) groups is 11. The largest absolute Gasteiger partial charge is 0.481 e. The van der Waals surface area contributed by atoms with Crippen molar-refractivity contribution in [2.75, 3.05) is 44.4 Å². The third kappa shape index (κ3) is 21.1. The van der Waals surface area contributed by atoms with E-state index in [1.807, 2.05) is 60.7 Å². The number of primary amides is 1. The number of rotatable bonds is 15. The molecule has 27 nitrogen and oxygen atoms in total. The highest BCUT2D eigenvalue weighted by molar-refractivity contribution is 7.98. The van der Waals surface area contributed by atoms with Crippen LogP contribution in [0.2, 0.25) is 0 Å². The maximum atomic E-state index is 15.3. The third-order valence-electron chi connectivity index (χ3n) is 18.3. The van der Waals surface area contributed by atoms with Crippen LogP contribution in [0.3, 0.4) is 0 Å². The number of carboxylic acids is 1. The summed E-state index contributed by atoms with van der Waals surface area (Å²) in [5.74, 6) is -9.95. The molecule has 3 aliphatic rings. The van der Waals surface area contributed by atoms with Gasteiger partial charge in [-0.1, -0.05) is 66.7 Å². The number of amides is 10. The van der Waals surface area contributed by atoms with Crippen molar-refractivity contribution in [3.63, 3.8) is 0 Å². The summed E-state index contributed by atoms with van der Waals surface area (Å²) in [6.45, 7) is 0.271. The fourth-order valence-electron chi connectivity index (χ4n) is 13.0. The van der Waals surface area contributed by atoms with Crippen molar-refractivity contribution in [2.24, 2.45) is 11.5 Å². The first-order valence-corrected chi connectivity index (χ1v) is 36.5. The van der Waals surface area contributed by atoms with Crippen molar-refractivity contribution in [2.45, 2.75) is 137 Å². The minimum Gasteiger partial charge on any atom is -0.481 e. The highest BCUT2D eigenvalue weighted by atomic mass is 32.2. The number of nitrogens with one attached hydrogen (secondary N) is 12. The van der Waals surface area contributed by atoms with E-state index in [2.05, 4.69) is 63.1 Å². The minimum atomic E-state index is -1.99. The Morgan fingerprint density at radius 1 is 0.602 bits per heavy atom. The van der Waals surface area contributed by atoms with Gasteiger partial charge in [0.1, 0.15) is 60.0 Å². The summed E-state index contributed by atoms with van der Waals surface area (Å²) >= 11 is 2.83. The van der Waals surface area contributed by atoms with Gasteiger partial charge < -0.3 is 84.6 Å². The summed E-state index contributed by atoms with van der Waals surface area (Å²) in [4.78, 5) is 165. The Hall–Kier alpha value is -9.95. The second-order valence-corrected chi connectivity index (χ2v) is 28.1. The molecule has 2 saturated heterocycles. The first-order valence-electron chi connectivity index (χ1n) is 34.2. The third-order valence-corrected chi connectivity index (χ3v) is 20.5. The lowest BCUT2D eigenvalue weighted by molar-refractivity contribution is -0.143. The summed E-state index contributed by atoms with van der Waals surface area (Å²) in [5.41, 5.74) is 15.6. The molecular weight excluding hydrogens is 1370 g/mol. The van der Waals surface area contributed by atoms with Gasteiger partial charge in [-0.05, 0) is 120 Å². The Balaban J connectivity index is 0.981. The number of benzene rings is 5. The number of hydrogen-bond acceptors (Lipinski definition) is 16. The molecule has 9 atom stereocenters. The number of aromatic amines is 2. The molecule has 7 aromatic rings. The van der Waals surface area contributed by atoms with E-state index >= 15 is 19.2 Å². The predicted octanol–water partition coefficient (Wildman–Crippen LogP) is 2.18. The standard InChI is InChI=1S/C72H85F2N15O12S2/c73-47-15-17-52-50(28-47)45(32-78-52)26-55-67(96)84-56(27-46-33-79-53-18-16-48(74)29-51(46)53)68(97)86-58(31-64(92)93)70(99)85-57(30-49-34-77-39-81-49)69(98)87-59(25-40-13-14-43-9-1-2-10-44(43)24-40)72(101)89-21-6-12-61(89)71(100)88-60(65(76)94)38-103-37-42-8-5-7-41(23-42)36-102-22-19-62(90)82-54(11-3-4-20-75)66(95)80-35-63(91)83-55/h1-2,5,7-10,13-18,23-24,28-29,32-33,49,54-61,77-79,81H,3-4,6,11-12,19-22,25-27,30-31,34-39,75H2,(H2,76,94)(H,80,95)(H,82,90)(H,83,91)(H,84,96)(H,85,99)(H,86,97)(H,87,98)(H,88,100)(H,92,93)/t49?,54-,55-,56-,57-,58-,59-,60-,61-/m0/s1. The van der Waals surface area contributed by atoms with Crippen LogP contribution in [0.5, 0.6) is 0 Å². The summed E-state index contributed by atoms with van der Waals surface area (Å²) in [7, 11) is 0. The molecule has 1 unspecified atom stereocenters. The van der Waals surface area contributed by atoms with Crippen LogP contribution in [0, 0.1) is 11.6 Å². The number of carbonyl (C=O) groups excluding carboxylic acids is 10. The molecule has 17 N–H and O–H groups in total. The van der Waals surface area contributed by atoms with Crippen molar-refractivity contribution in [1.82, 2.24) is 68.0 Å². The van der Waals surface area contributed by atoms with E-state index in [0.29, 0.717) is 83.8 Å². The van der Waals surface area contributed by atoms with Crippen molar-refractivity contribution >= 4 is 121 Å². The average molecular weight is 1450 g/mol. The van der Waals surface area contributed by atoms with Crippen LogP contribution >= 0.6 is 23.5 Å². The molecule has 10 rings (SSSR count). The molecule has 5 aromatic carbocycles. The molecule has 0 radical (unpaired) electrons. The van der Waals surface area contributed by atoms with Crippen molar-refractivity contribution in [3.05, 3.63) is 155 Å². The number of halogens is 2. The number of unbranched alkanes of at least 4 members (excludes halogenated alkanes) is 1. The number of fused-ring (bicyclic) bond motifs is 6. The van der Waals surface area contributed by atoms with Gasteiger partial charge in [0.05, 0.1) is 13.0 Å². The fraction of sp³-hybridized carbons (Fsp3) is 0.403. The quantitative estimate of drug-likeness (QED) is 0.0654. The molecule has 2 aromatic heterocycles. The van der Waals surface area contributed by atoms with Gasteiger partial charge in [-0.3, -0.25) is 52.7 Å². The zero-order valence-corrected chi connectivity index (χ0v) is 58.1. The molecular formula is C72H85F2N15O12S2. The zero-order chi connectivity index (χ0) is 73.1. The summed E-state index contributed by atoms with van der Waals surface area (Å²) < 4.78 is 29.9. The topological polar surface area (TPSA) is 415 Å². The molecule has 2 bridgehead atoms. The Morgan fingerprint density at radius 2 is 1.22 bits per heavy atom. The second kappa shape index (κ2) is 36.3. The van der Waals surface area contributed by atoms with E-state index in [9.17, 15) is 47.4 Å². The van der Waals surface area contributed by atoms with Crippen molar-refractivity contribution in [3.8, 4) is 0 Å². The summed E-state index contributed by atoms with van der Waals surface area (Å²) in [6.07, 6.45) is 2.47. The Morgan fingerprint density at radius 3 is 1.88 bits per heavy atom. The smallest absolute Gasteiger partial charge is 0.305 e. The number of aliphatic carboxylic acids is 1. The molecule has 5 heterocycles. The number of thioether (sulfide) groups is 2. The summed E-state index contributed by atoms with van der Waals surface area (Å²) in [5, 5.41) is 40.4. The number of carboxylic acid groups (broad SMARTS) is 1. The van der Waals surface area contributed by atoms with Crippen LogP contribution in [0.25, 0.3) is 32.6 Å². The Bertz CT molecular complexity index is 4270. The van der Waals surface area contributed by atoms with Gasteiger partial charge in [-0.15, -0.1) is 0 Å². The van der Waals surface area contributed by atoms with Crippen LogP contribution in [0.4, 0.5) is 8.78 Å². The van der Waals surface area contributed by atoms with E-state index in [-0.39, 0.29) is 61.8 Å². The molecule has 31 heteroatoms. The predicted molar refractivity (Wildman–Crippen MR) is 385 cm³/mol. The van der Waals surface area contributed by atoms with Crippen LogP contribution in [0.1, 0.15) is 79.2 Å². The maximum Gasteiger partial charge on any atom is 0.305 e. The van der Waals surface area contributed by atoms with Crippen LogP contribution in [-0.4, -0.2) is 184 Å². The average Bonchev–Trinajstić information content (AvgIpc) is 1.74. The van der Waals surface area contributed by atoms with Crippen LogP contribution < -0.4 is 64.6 Å². The fourth-order valence-corrected chi connectivity index (χ4v) is 14.9. The number of aromatic nitrogens is 2. The van der Waals surface area contributed by atoms with Gasteiger partial charge >= 0.3 is 5.97 Å². The summed E-state index contributed by atoms with van der Waals surface area (Å²) in [6, 6.07) is 16.2. The van der Waals surface area contributed by atoms with Crippen LogP contribution in [0.15, 0.2) is 116 Å². The van der Waals surface area contributed by atoms with Gasteiger partial charge in [0.15, 0.2) is 0 Å². The molecule has 10 amide bonds. The van der Waals surface area contributed by atoms with Crippen molar-refractivity contribution in [1.29, 1.82) is 0 Å². The second-order valence-electron chi connectivity index (χ2n) is 25.9. The minimum absolute atomic E-state index is 0.0197. The van der Waals surface area contributed by atoms with E-state index in [0.717, 1.165) is 21.9 Å². The lowest BCUT2D eigenvalue weighted by Crippen LogP contribution is -2.61. The zero-order valence-electron chi connectivity index (χ0n) is 56.4. The van der Waals surface area contributed by atoms with E-state index in [4.69, 9.17) is 11.5 Å². The van der Waals surface area contributed by atoms with Gasteiger partial charge in [0, 0.05) is 109 Å². The van der Waals surface area contributed by atoms with Crippen LogP contribution in [-0.2, 0) is 83.5 Å². The van der Waals surface area contributed by atoms with Crippen molar-refractivity contribution < 1.29 is 66.6 Å². The first kappa shape index (κ1) is 75.7. The molecule has 0 aliphatic carbocycles. The van der Waals surface area contributed by atoms with Gasteiger partial charge in [-0.2, -0.15) is 23.5 Å². The normalized spacial score (nSPS) is 23.3. The molecule has 0 spiro atoms. The molecule has 103 heavy (non-hydrogen) atoms. The molecule has 3 aliphatic heterocycles. The maximum absolute atomic E-state index is 15.3. The first-order chi connectivity index (χ1) is 49.6. The van der Waals surface area contributed by atoms with Gasteiger partial charge in [0.25, 0.3) is 0 Å². The number of H-pyrrole nitrogens is 2. The monoisotopic (exact) mass is 1450 g/mol. The SMILES string of the molecule is NCCCC[C@@H]1NC(=O)CCSCc2cccc(c2)CSC[C@@H](C(N)=O)NC(=O)[C@@H]2CCCN2C(=O)[C@H](Cc2ccc3ccccc3c2)NC(=O)[C@H](CC2CNCN2)NC(=O)[C@H](CC(=O)O)NC(=O)[C@H](Cc2c[nH]c3ccc(F)cc23)NC(=O)[C@H](Cc2c[nH]c3ccc(F)cc23)NC(=O)CNC1=O. The van der Waals surface area contributed by atoms with E-state index < -0.39 is 150 Å². The van der Waals surface area contributed by atoms with E-state index in [1.165, 1.54) is 77.2 Å². The highest BCUT2D eigenvalue weighted by Gasteiger charge is 2.41. The lowest BCUT2D eigenvalue weighted by atomic mass is 9.99. The Kier molecular flexibility index (Phi) is 26.7. The number of nitrogens with zero attached hydrogens (tertiary/aromatic N) is 1. The molecule has 546 valence electrons.